The summed E-state index contributed by atoms with van der Waals surface area (Å²) in [6.45, 7) is 0.820. The minimum absolute atomic E-state index is 0.0467. The van der Waals surface area contributed by atoms with E-state index in [0.717, 1.165) is 18.4 Å². The zero-order chi connectivity index (χ0) is 20.1. The summed E-state index contributed by atoms with van der Waals surface area (Å²) >= 11 is 0. The van der Waals surface area contributed by atoms with E-state index in [0.29, 0.717) is 6.07 Å². The third-order valence-corrected chi connectivity index (χ3v) is 4.49. The summed E-state index contributed by atoms with van der Waals surface area (Å²) in [5.41, 5.74) is -1.89. The Hall–Kier alpha value is -2.61. The number of allylic oxidation sites excluding steroid dienone is 1. The molecule has 142 valence electrons. The van der Waals surface area contributed by atoms with Crippen molar-refractivity contribution in [1.29, 1.82) is 5.26 Å². The molecular formula is C15H14F4N2O4S. The van der Waals surface area contributed by atoms with Crippen molar-refractivity contribution in [3.63, 3.8) is 0 Å². The van der Waals surface area contributed by atoms with Crippen LogP contribution in [-0.2, 0) is 32.3 Å². The van der Waals surface area contributed by atoms with E-state index >= 15 is 0 Å². The van der Waals surface area contributed by atoms with Crippen LogP contribution in [0.5, 0.6) is 0 Å². The summed E-state index contributed by atoms with van der Waals surface area (Å²) in [4.78, 5) is 13.8. The van der Waals surface area contributed by atoms with Crippen LogP contribution in [-0.4, -0.2) is 20.6 Å². The minimum atomic E-state index is -4.82. The van der Waals surface area contributed by atoms with Gasteiger partial charge in [0, 0.05) is 23.0 Å². The number of sulfone groups is 1. The van der Waals surface area contributed by atoms with E-state index in [9.17, 15) is 30.9 Å². The molecule has 1 aromatic carbocycles. The van der Waals surface area contributed by atoms with Gasteiger partial charge < -0.3 is 5.32 Å². The molecule has 0 saturated heterocycles. The number of alkyl halides is 3. The van der Waals surface area contributed by atoms with Gasteiger partial charge in [-0.3, -0.25) is 0 Å². The van der Waals surface area contributed by atoms with Gasteiger partial charge in [0.15, 0.2) is 9.84 Å². The molecular weight excluding hydrogens is 380 g/mol. The highest BCUT2D eigenvalue weighted by Gasteiger charge is 2.34. The Morgan fingerprint density at radius 1 is 1.35 bits per heavy atom. The van der Waals surface area contributed by atoms with Crippen LogP contribution in [0.4, 0.5) is 17.7 Å². The first-order valence-corrected chi connectivity index (χ1v) is 8.84. The Labute approximate surface area is 146 Å². The molecule has 0 spiro atoms. The fourth-order valence-corrected chi connectivity index (χ4v) is 2.67. The van der Waals surface area contributed by atoms with Gasteiger partial charge in [-0.25, -0.2) is 18.2 Å². The normalized spacial score (nSPS) is 12.8. The van der Waals surface area contributed by atoms with Crippen molar-refractivity contribution >= 4 is 15.8 Å². The maximum absolute atomic E-state index is 13.2. The number of nitriles is 1. The van der Waals surface area contributed by atoms with Gasteiger partial charge in [-0.15, -0.1) is 0 Å². The maximum atomic E-state index is 13.2. The van der Waals surface area contributed by atoms with E-state index in [-0.39, 0.29) is 16.8 Å². The fraction of sp³-hybridized carbons (Fsp3) is 0.333. The number of hydrogen-bond acceptors (Lipinski definition) is 6. The van der Waals surface area contributed by atoms with E-state index < -0.39 is 45.4 Å². The summed E-state index contributed by atoms with van der Waals surface area (Å²) in [5, 5.41) is 11.1. The van der Waals surface area contributed by atoms with Crippen molar-refractivity contribution in [1.82, 2.24) is 5.32 Å². The van der Waals surface area contributed by atoms with Crippen molar-refractivity contribution < 1.29 is 35.9 Å². The Balaban J connectivity index is 3.25. The predicted octanol–water partition coefficient (Wildman–Crippen LogP) is 2.81. The highest BCUT2D eigenvalue weighted by Crippen LogP contribution is 2.33. The highest BCUT2D eigenvalue weighted by atomic mass is 32.2. The Morgan fingerprint density at radius 2 is 1.96 bits per heavy atom. The van der Waals surface area contributed by atoms with Crippen molar-refractivity contribution in [2.45, 2.75) is 31.0 Å². The van der Waals surface area contributed by atoms with Crippen molar-refractivity contribution in [3.8, 4) is 6.07 Å². The SMILES string of the molecule is C/C(NCc1ccc(S(C)(=O)=O)cc1C(F)(F)F)=C(\CC#N)C(=O)OF. The van der Waals surface area contributed by atoms with Crippen molar-refractivity contribution in [2.75, 3.05) is 6.26 Å². The summed E-state index contributed by atoms with van der Waals surface area (Å²) in [6, 6.07) is 4.12. The number of carbonyl (C=O) groups excluding carboxylic acids is 1. The van der Waals surface area contributed by atoms with Crippen LogP contribution in [0.3, 0.4) is 0 Å². The quantitative estimate of drug-likeness (QED) is 0.589. The lowest BCUT2D eigenvalue weighted by Gasteiger charge is -2.16. The third-order valence-electron chi connectivity index (χ3n) is 3.38. The van der Waals surface area contributed by atoms with E-state index in [4.69, 9.17) is 5.26 Å². The lowest BCUT2D eigenvalue weighted by atomic mass is 10.1. The monoisotopic (exact) mass is 394 g/mol. The van der Waals surface area contributed by atoms with Crippen LogP contribution >= 0.6 is 0 Å². The van der Waals surface area contributed by atoms with Gasteiger partial charge in [-0.1, -0.05) is 6.07 Å². The topological polar surface area (TPSA) is 96.3 Å². The smallest absolute Gasteiger partial charge is 0.384 e. The molecule has 0 saturated carbocycles. The molecule has 0 amide bonds. The third kappa shape index (κ3) is 5.45. The summed E-state index contributed by atoms with van der Waals surface area (Å²) in [7, 11) is -3.84. The van der Waals surface area contributed by atoms with Gasteiger partial charge in [0.1, 0.15) is 0 Å². The molecule has 0 bridgehead atoms. The molecule has 0 atom stereocenters. The molecule has 0 aliphatic heterocycles. The zero-order valence-corrected chi connectivity index (χ0v) is 14.5. The predicted molar refractivity (Wildman–Crippen MR) is 81.5 cm³/mol. The minimum Gasteiger partial charge on any atom is -0.384 e. The van der Waals surface area contributed by atoms with E-state index in [1.165, 1.54) is 6.92 Å². The van der Waals surface area contributed by atoms with Crippen LogP contribution < -0.4 is 5.32 Å². The number of benzene rings is 1. The Morgan fingerprint density at radius 3 is 2.42 bits per heavy atom. The lowest BCUT2D eigenvalue weighted by Crippen LogP contribution is -2.20. The average molecular weight is 394 g/mol. The van der Waals surface area contributed by atoms with Gasteiger partial charge in [0.05, 0.1) is 28.5 Å². The second-order valence-corrected chi connectivity index (χ2v) is 7.26. The highest BCUT2D eigenvalue weighted by molar-refractivity contribution is 7.90. The zero-order valence-electron chi connectivity index (χ0n) is 13.6. The molecule has 0 radical (unpaired) electrons. The summed E-state index contributed by atoms with van der Waals surface area (Å²) in [6.07, 6.45) is -4.55. The Kier molecular flexibility index (Phi) is 6.74. The second-order valence-electron chi connectivity index (χ2n) is 5.25. The van der Waals surface area contributed by atoms with Crippen LogP contribution in [0, 0.1) is 11.3 Å². The first-order valence-electron chi connectivity index (χ1n) is 6.95. The van der Waals surface area contributed by atoms with E-state index in [1.54, 1.807) is 6.07 Å². The summed E-state index contributed by atoms with van der Waals surface area (Å²) in [5.74, 6) is -1.43. The van der Waals surface area contributed by atoms with Gasteiger partial charge in [-0.05, 0) is 24.6 Å². The van der Waals surface area contributed by atoms with Crippen molar-refractivity contribution in [2.24, 2.45) is 0 Å². The lowest BCUT2D eigenvalue weighted by molar-refractivity contribution is -0.178. The molecule has 26 heavy (non-hydrogen) atoms. The first kappa shape index (κ1) is 21.4. The molecule has 6 nitrogen and oxygen atoms in total. The molecule has 11 heteroatoms. The van der Waals surface area contributed by atoms with Crippen LogP contribution in [0.25, 0.3) is 0 Å². The molecule has 1 rings (SSSR count). The number of rotatable bonds is 6. The number of hydrogen-bond donors (Lipinski definition) is 1. The van der Waals surface area contributed by atoms with Crippen LogP contribution in [0.1, 0.15) is 24.5 Å². The van der Waals surface area contributed by atoms with Gasteiger partial charge >= 0.3 is 12.1 Å². The number of carbonyl (C=O) groups is 1. The molecule has 1 N–H and O–H groups in total. The molecule has 0 unspecified atom stereocenters. The maximum Gasteiger partial charge on any atom is 0.416 e. The standard InChI is InChI=1S/C15H14F4N2O4S/c1-9(12(5-6-20)14(22)25-19)21-8-10-3-4-11(26(2,23)24)7-13(10)15(16,17)18/h3-4,7,21H,5,8H2,1-2H3/b12-9-. The number of nitrogens with zero attached hydrogens (tertiary/aromatic N) is 1. The van der Waals surface area contributed by atoms with Gasteiger partial charge in [0.25, 0.3) is 0 Å². The number of halogens is 4. The van der Waals surface area contributed by atoms with E-state index in [1.807, 2.05) is 0 Å². The number of nitrogens with one attached hydrogen (secondary N) is 1. The van der Waals surface area contributed by atoms with Crippen LogP contribution in [0.2, 0.25) is 0 Å². The van der Waals surface area contributed by atoms with Gasteiger partial charge in [-0.2, -0.15) is 18.4 Å². The van der Waals surface area contributed by atoms with Gasteiger partial charge in [0.2, 0.25) is 0 Å². The molecule has 0 aromatic heterocycles. The molecule has 0 heterocycles. The van der Waals surface area contributed by atoms with E-state index in [2.05, 4.69) is 10.3 Å². The second kappa shape index (κ2) is 8.18. The molecule has 0 aliphatic rings. The average Bonchev–Trinajstić information content (AvgIpc) is 2.55. The van der Waals surface area contributed by atoms with Crippen molar-refractivity contribution in [3.05, 3.63) is 40.6 Å². The molecule has 0 fully saturated rings. The Bertz CT molecular complexity index is 871. The first-order chi connectivity index (χ1) is 11.9. The molecule has 1 aromatic rings. The fourth-order valence-electron chi connectivity index (χ4n) is 2.02. The summed E-state index contributed by atoms with van der Waals surface area (Å²) < 4.78 is 74.5. The largest absolute Gasteiger partial charge is 0.416 e. The van der Waals surface area contributed by atoms with Crippen LogP contribution in [0.15, 0.2) is 34.4 Å². The molecule has 0 aliphatic carbocycles.